The van der Waals surface area contributed by atoms with E-state index < -0.39 is 9.84 Å². The summed E-state index contributed by atoms with van der Waals surface area (Å²) in [5, 5.41) is 24.7. The third kappa shape index (κ3) is 4.50. The molecule has 3 aromatic rings. The lowest BCUT2D eigenvalue weighted by Gasteiger charge is -2.36. The Balaban J connectivity index is 1.71. The van der Waals surface area contributed by atoms with Crippen molar-refractivity contribution in [2.24, 2.45) is 0 Å². The van der Waals surface area contributed by atoms with Gasteiger partial charge in [-0.15, -0.1) is 10.2 Å². The highest BCUT2D eigenvalue weighted by Crippen LogP contribution is 2.36. The molecule has 2 aromatic carbocycles. The first kappa shape index (κ1) is 21.5. The molecule has 2 heterocycles. The van der Waals surface area contributed by atoms with E-state index in [1.165, 1.54) is 12.1 Å². The first-order valence-electron chi connectivity index (χ1n) is 10.5. The van der Waals surface area contributed by atoms with E-state index in [0.29, 0.717) is 23.3 Å². The number of benzene rings is 2. The van der Waals surface area contributed by atoms with Gasteiger partial charge in [0.1, 0.15) is 11.4 Å². The Labute approximate surface area is 183 Å². The van der Waals surface area contributed by atoms with E-state index in [0.717, 1.165) is 48.8 Å². The molecule has 1 aromatic heterocycles. The standard InChI is InChI=1S/C23H28N4O3S/c1-15(2)27-12-6-7-16(14-27)24-23-19-9-5-4-8-18(19)22(25-26-23)20-11-10-17(13-21(20)28)31(3,29)30/h4-5,8-11,13,15-16,28H,6-7,12,14H2,1-3H3,(H,24,26). The van der Waals surface area contributed by atoms with E-state index in [1.807, 2.05) is 24.3 Å². The van der Waals surface area contributed by atoms with Crippen molar-refractivity contribution in [1.82, 2.24) is 15.1 Å². The number of hydrogen-bond donors (Lipinski definition) is 2. The fraction of sp³-hybridized carbons (Fsp3) is 0.391. The fourth-order valence-electron chi connectivity index (χ4n) is 4.14. The summed E-state index contributed by atoms with van der Waals surface area (Å²) in [7, 11) is -3.41. The molecule has 0 saturated carbocycles. The average molecular weight is 441 g/mol. The summed E-state index contributed by atoms with van der Waals surface area (Å²) in [5.74, 6) is 0.588. The van der Waals surface area contributed by atoms with Gasteiger partial charge in [-0.1, -0.05) is 24.3 Å². The molecule has 1 aliphatic rings. The van der Waals surface area contributed by atoms with Crippen molar-refractivity contribution >= 4 is 26.4 Å². The van der Waals surface area contributed by atoms with Crippen molar-refractivity contribution in [2.45, 2.75) is 43.7 Å². The van der Waals surface area contributed by atoms with Gasteiger partial charge in [-0.05, 0) is 51.4 Å². The van der Waals surface area contributed by atoms with Crippen LogP contribution in [0.5, 0.6) is 5.75 Å². The minimum absolute atomic E-state index is 0.0660. The van der Waals surface area contributed by atoms with Crippen molar-refractivity contribution in [2.75, 3.05) is 24.7 Å². The molecule has 1 aliphatic heterocycles. The molecule has 0 bridgehead atoms. The third-order valence-electron chi connectivity index (χ3n) is 5.86. The second kappa shape index (κ2) is 8.43. The van der Waals surface area contributed by atoms with Gasteiger partial charge >= 0.3 is 0 Å². The molecule has 8 heteroatoms. The zero-order valence-electron chi connectivity index (χ0n) is 18.0. The minimum atomic E-state index is -3.41. The van der Waals surface area contributed by atoms with E-state index in [4.69, 9.17) is 0 Å². The number of phenolic OH excluding ortho intramolecular Hbond substituents is 1. The van der Waals surface area contributed by atoms with Gasteiger partial charge in [-0.25, -0.2) is 8.42 Å². The van der Waals surface area contributed by atoms with Gasteiger partial charge in [-0.2, -0.15) is 0 Å². The molecular formula is C23H28N4O3S. The van der Waals surface area contributed by atoms with Crippen LogP contribution in [0.2, 0.25) is 0 Å². The van der Waals surface area contributed by atoms with Crippen molar-refractivity contribution in [3.8, 4) is 17.0 Å². The average Bonchev–Trinajstić information content (AvgIpc) is 2.74. The van der Waals surface area contributed by atoms with Crippen LogP contribution in [-0.4, -0.2) is 60.1 Å². The Kier molecular flexibility index (Phi) is 5.85. The summed E-state index contributed by atoms with van der Waals surface area (Å²) in [6.45, 7) is 6.51. The largest absolute Gasteiger partial charge is 0.507 e. The van der Waals surface area contributed by atoms with Crippen molar-refractivity contribution in [3.63, 3.8) is 0 Å². The lowest BCUT2D eigenvalue weighted by atomic mass is 10.0. The van der Waals surface area contributed by atoms with Gasteiger partial charge in [0.15, 0.2) is 15.7 Å². The topological polar surface area (TPSA) is 95.4 Å². The predicted molar refractivity (Wildman–Crippen MR) is 123 cm³/mol. The van der Waals surface area contributed by atoms with Crippen LogP contribution in [0.15, 0.2) is 47.4 Å². The zero-order chi connectivity index (χ0) is 22.2. The Hall–Kier alpha value is -2.71. The van der Waals surface area contributed by atoms with E-state index in [9.17, 15) is 13.5 Å². The van der Waals surface area contributed by atoms with Crippen molar-refractivity contribution < 1.29 is 13.5 Å². The van der Waals surface area contributed by atoms with Crippen LogP contribution in [0, 0.1) is 0 Å². The predicted octanol–water partition coefficient (Wildman–Crippen LogP) is 3.69. The monoisotopic (exact) mass is 440 g/mol. The molecule has 2 N–H and O–H groups in total. The SMILES string of the molecule is CC(C)N1CCCC(Nc2nnc(-c3ccc(S(C)(=O)=O)cc3O)c3ccccc23)C1. The lowest BCUT2D eigenvalue weighted by molar-refractivity contribution is 0.175. The lowest BCUT2D eigenvalue weighted by Crippen LogP contribution is -2.45. The first-order chi connectivity index (χ1) is 14.7. The molecule has 0 radical (unpaired) electrons. The molecule has 0 spiro atoms. The van der Waals surface area contributed by atoms with Crippen LogP contribution in [0.1, 0.15) is 26.7 Å². The highest BCUT2D eigenvalue weighted by Gasteiger charge is 2.23. The summed E-state index contributed by atoms with van der Waals surface area (Å²) in [6, 6.07) is 12.9. The number of aromatic nitrogens is 2. The quantitative estimate of drug-likeness (QED) is 0.625. The van der Waals surface area contributed by atoms with Gasteiger partial charge in [0.2, 0.25) is 0 Å². The molecule has 7 nitrogen and oxygen atoms in total. The van der Waals surface area contributed by atoms with Gasteiger partial charge < -0.3 is 10.4 Å². The maximum absolute atomic E-state index is 11.8. The normalized spacial score (nSPS) is 17.9. The van der Waals surface area contributed by atoms with Gasteiger partial charge in [0.25, 0.3) is 0 Å². The van der Waals surface area contributed by atoms with Gasteiger partial charge in [0, 0.05) is 41.2 Å². The molecule has 1 atom stereocenters. The molecule has 164 valence electrons. The molecule has 0 amide bonds. The first-order valence-corrected chi connectivity index (χ1v) is 12.4. The Morgan fingerprint density at radius 3 is 2.55 bits per heavy atom. The molecule has 4 rings (SSSR count). The van der Waals surface area contributed by atoms with Gasteiger partial charge in [-0.3, -0.25) is 4.90 Å². The highest BCUT2D eigenvalue weighted by molar-refractivity contribution is 7.90. The Bertz CT molecular complexity index is 1210. The molecule has 1 fully saturated rings. The number of anilines is 1. The fourth-order valence-corrected chi connectivity index (χ4v) is 4.78. The molecule has 1 saturated heterocycles. The minimum Gasteiger partial charge on any atom is -0.507 e. The summed E-state index contributed by atoms with van der Waals surface area (Å²) >= 11 is 0. The molecule has 31 heavy (non-hydrogen) atoms. The molecular weight excluding hydrogens is 412 g/mol. The van der Waals surface area contributed by atoms with Crippen LogP contribution < -0.4 is 5.32 Å². The second-order valence-corrected chi connectivity index (χ2v) is 10.5. The number of hydrogen-bond acceptors (Lipinski definition) is 7. The van der Waals surface area contributed by atoms with Crippen LogP contribution >= 0.6 is 0 Å². The Morgan fingerprint density at radius 2 is 1.87 bits per heavy atom. The Morgan fingerprint density at radius 1 is 1.13 bits per heavy atom. The highest BCUT2D eigenvalue weighted by atomic mass is 32.2. The van der Waals surface area contributed by atoms with Crippen LogP contribution in [0.4, 0.5) is 5.82 Å². The van der Waals surface area contributed by atoms with Gasteiger partial charge in [0.05, 0.1) is 4.90 Å². The number of phenols is 1. The van der Waals surface area contributed by atoms with Crippen LogP contribution in [0.3, 0.4) is 0 Å². The molecule has 1 unspecified atom stereocenters. The van der Waals surface area contributed by atoms with E-state index in [-0.39, 0.29) is 10.6 Å². The maximum Gasteiger partial charge on any atom is 0.175 e. The van der Waals surface area contributed by atoms with E-state index >= 15 is 0 Å². The van der Waals surface area contributed by atoms with Crippen LogP contribution in [0.25, 0.3) is 22.0 Å². The number of fused-ring (bicyclic) bond motifs is 1. The van der Waals surface area contributed by atoms with E-state index in [2.05, 4.69) is 34.3 Å². The number of nitrogens with zero attached hydrogens (tertiary/aromatic N) is 3. The number of rotatable bonds is 5. The van der Waals surface area contributed by atoms with E-state index in [1.54, 1.807) is 6.07 Å². The number of likely N-dealkylation sites (tertiary alicyclic amines) is 1. The summed E-state index contributed by atoms with van der Waals surface area (Å²) < 4.78 is 23.6. The summed E-state index contributed by atoms with van der Waals surface area (Å²) in [4.78, 5) is 2.53. The third-order valence-corrected chi connectivity index (χ3v) is 6.97. The maximum atomic E-state index is 11.8. The number of sulfone groups is 1. The van der Waals surface area contributed by atoms with Crippen molar-refractivity contribution in [3.05, 3.63) is 42.5 Å². The number of piperidine rings is 1. The van der Waals surface area contributed by atoms with Crippen molar-refractivity contribution in [1.29, 1.82) is 0 Å². The smallest absolute Gasteiger partial charge is 0.175 e. The molecule has 0 aliphatic carbocycles. The zero-order valence-corrected chi connectivity index (χ0v) is 18.9. The summed E-state index contributed by atoms with van der Waals surface area (Å²) in [6.07, 6.45) is 3.33. The second-order valence-electron chi connectivity index (χ2n) is 8.47. The summed E-state index contributed by atoms with van der Waals surface area (Å²) in [5.41, 5.74) is 0.970. The number of nitrogens with one attached hydrogen (secondary N) is 1. The number of aromatic hydroxyl groups is 1. The van der Waals surface area contributed by atoms with Crippen LogP contribution in [-0.2, 0) is 9.84 Å².